The molecule has 0 radical (unpaired) electrons. The molecule has 0 fully saturated rings. The van der Waals surface area contributed by atoms with E-state index in [1.807, 2.05) is 13.0 Å². The van der Waals surface area contributed by atoms with Crippen LogP contribution in [0.2, 0.25) is 0 Å². The third kappa shape index (κ3) is 3.51. The van der Waals surface area contributed by atoms with Gasteiger partial charge in [0.15, 0.2) is 5.25 Å². The Bertz CT molecular complexity index is 528. The normalized spacial score (nSPS) is 13.2. The summed E-state index contributed by atoms with van der Waals surface area (Å²) in [5.41, 5.74) is 1.55. The number of aliphatic carboxylic acids is 1. The Hall–Kier alpha value is -1.47. The Morgan fingerprint density at radius 3 is 2.78 bits per heavy atom. The van der Waals surface area contributed by atoms with Crippen molar-refractivity contribution in [2.45, 2.75) is 32.1 Å². The molecular weight excluding hydrogens is 256 g/mol. The van der Waals surface area contributed by atoms with Crippen molar-refractivity contribution in [1.29, 1.82) is 0 Å². The van der Waals surface area contributed by atoms with Gasteiger partial charge in [-0.2, -0.15) is 0 Å². The average Bonchev–Trinajstić information content (AvgIpc) is 2.35. The Kier molecular flexibility index (Phi) is 4.80. The molecule has 1 unspecified atom stereocenters. The highest BCUT2D eigenvalue weighted by atomic mass is 32.2. The molecule has 1 aromatic heterocycles. The SMILES string of the molecule is CCc1cccnc1CNS(=O)(=O)C(C)C(=O)O. The molecule has 0 saturated carbocycles. The molecule has 18 heavy (non-hydrogen) atoms. The van der Waals surface area contributed by atoms with Crippen LogP contribution < -0.4 is 4.72 Å². The maximum atomic E-state index is 11.6. The molecule has 2 N–H and O–H groups in total. The van der Waals surface area contributed by atoms with Crippen molar-refractivity contribution in [3.63, 3.8) is 0 Å². The molecule has 0 spiro atoms. The third-order valence-electron chi connectivity index (χ3n) is 2.62. The lowest BCUT2D eigenvalue weighted by Gasteiger charge is -2.11. The number of nitrogens with one attached hydrogen (secondary N) is 1. The summed E-state index contributed by atoms with van der Waals surface area (Å²) in [5, 5.41) is 7.20. The van der Waals surface area contributed by atoms with E-state index in [0.717, 1.165) is 18.9 Å². The fourth-order valence-electron chi connectivity index (χ4n) is 1.38. The van der Waals surface area contributed by atoms with Crippen molar-refractivity contribution < 1.29 is 18.3 Å². The standard InChI is InChI=1S/C11H16N2O4S/c1-3-9-5-4-6-12-10(9)7-13-18(16,17)8(2)11(14)15/h4-6,8,13H,3,7H2,1-2H3,(H,14,15). The minimum Gasteiger partial charge on any atom is -0.480 e. The van der Waals surface area contributed by atoms with Crippen molar-refractivity contribution in [2.24, 2.45) is 0 Å². The van der Waals surface area contributed by atoms with E-state index in [1.165, 1.54) is 0 Å². The van der Waals surface area contributed by atoms with E-state index in [-0.39, 0.29) is 6.54 Å². The summed E-state index contributed by atoms with van der Waals surface area (Å²) < 4.78 is 25.5. The van der Waals surface area contributed by atoms with Crippen molar-refractivity contribution in [2.75, 3.05) is 0 Å². The molecule has 0 aliphatic carbocycles. The third-order valence-corrected chi connectivity index (χ3v) is 4.30. The van der Waals surface area contributed by atoms with Crippen LogP contribution in [0.4, 0.5) is 0 Å². The molecule has 1 heterocycles. The van der Waals surface area contributed by atoms with E-state index in [9.17, 15) is 13.2 Å². The van der Waals surface area contributed by atoms with E-state index in [2.05, 4.69) is 9.71 Å². The second-order valence-electron chi connectivity index (χ2n) is 3.81. The van der Waals surface area contributed by atoms with Crippen LogP contribution in [0.25, 0.3) is 0 Å². The quantitative estimate of drug-likeness (QED) is 0.787. The van der Waals surface area contributed by atoms with Gasteiger partial charge in [-0.15, -0.1) is 0 Å². The number of hydrogen-bond acceptors (Lipinski definition) is 4. The zero-order chi connectivity index (χ0) is 13.8. The lowest BCUT2D eigenvalue weighted by Crippen LogP contribution is -2.37. The van der Waals surface area contributed by atoms with E-state index in [1.54, 1.807) is 12.3 Å². The number of carboxylic acids is 1. The summed E-state index contributed by atoms with van der Waals surface area (Å²) >= 11 is 0. The van der Waals surface area contributed by atoms with Crippen molar-refractivity contribution in [3.05, 3.63) is 29.6 Å². The number of carbonyl (C=O) groups is 1. The van der Waals surface area contributed by atoms with Gasteiger partial charge in [-0.25, -0.2) is 13.1 Å². The maximum Gasteiger partial charge on any atom is 0.323 e. The summed E-state index contributed by atoms with van der Waals surface area (Å²) in [6.07, 6.45) is 2.31. The molecule has 0 amide bonds. The lowest BCUT2D eigenvalue weighted by atomic mass is 10.1. The van der Waals surface area contributed by atoms with Gasteiger partial charge in [0.1, 0.15) is 0 Å². The molecule has 0 saturated heterocycles. The van der Waals surface area contributed by atoms with Crippen molar-refractivity contribution in [1.82, 2.24) is 9.71 Å². The molecule has 0 bridgehead atoms. The molecule has 1 atom stereocenters. The van der Waals surface area contributed by atoms with E-state index >= 15 is 0 Å². The number of carboxylic acid groups (broad SMARTS) is 1. The highest BCUT2D eigenvalue weighted by molar-refractivity contribution is 7.90. The van der Waals surface area contributed by atoms with E-state index in [0.29, 0.717) is 5.69 Å². The van der Waals surface area contributed by atoms with Crippen molar-refractivity contribution >= 4 is 16.0 Å². The topological polar surface area (TPSA) is 96.4 Å². The van der Waals surface area contributed by atoms with Gasteiger partial charge in [0, 0.05) is 6.20 Å². The smallest absolute Gasteiger partial charge is 0.323 e. The molecule has 0 aliphatic heterocycles. The van der Waals surface area contributed by atoms with Crippen LogP contribution in [0.15, 0.2) is 18.3 Å². The Morgan fingerprint density at radius 1 is 1.56 bits per heavy atom. The van der Waals surface area contributed by atoms with Crippen LogP contribution in [0.1, 0.15) is 25.1 Å². The monoisotopic (exact) mass is 272 g/mol. The van der Waals surface area contributed by atoms with Gasteiger partial charge in [-0.3, -0.25) is 9.78 Å². The minimum absolute atomic E-state index is 0.00394. The summed E-state index contributed by atoms with van der Waals surface area (Å²) in [5.74, 6) is -1.38. The number of sulfonamides is 1. The summed E-state index contributed by atoms with van der Waals surface area (Å²) in [7, 11) is -3.87. The zero-order valence-electron chi connectivity index (χ0n) is 10.3. The number of nitrogens with zero attached hydrogens (tertiary/aromatic N) is 1. The molecule has 6 nitrogen and oxygen atoms in total. The summed E-state index contributed by atoms with van der Waals surface area (Å²) in [4.78, 5) is 14.7. The van der Waals surface area contributed by atoms with Gasteiger partial charge in [0.2, 0.25) is 10.0 Å². The lowest BCUT2D eigenvalue weighted by molar-refractivity contribution is -0.136. The van der Waals surface area contributed by atoms with Gasteiger partial charge in [0.05, 0.1) is 12.2 Å². The number of aromatic nitrogens is 1. The highest BCUT2D eigenvalue weighted by Gasteiger charge is 2.27. The predicted octanol–water partition coefficient (Wildman–Crippen LogP) is 0.537. The largest absolute Gasteiger partial charge is 0.480 e. The van der Waals surface area contributed by atoms with Crippen LogP contribution in [0.5, 0.6) is 0 Å². The Labute approximate surface area is 106 Å². The van der Waals surface area contributed by atoms with Gasteiger partial charge < -0.3 is 5.11 Å². The first kappa shape index (κ1) is 14.6. The summed E-state index contributed by atoms with van der Waals surface area (Å²) in [6.45, 7) is 3.07. The maximum absolute atomic E-state index is 11.6. The minimum atomic E-state index is -3.87. The number of pyridine rings is 1. The van der Waals surface area contributed by atoms with E-state index < -0.39 is 21.2 Å². The van der Waals surface area contributed by atoms with Gasteiger partial charge in [-0.05, 0) is 25.0 Å². The van der Waals surface area contributed by atoms with Crippen LogP contribution >= 0.6 is 0 Å². The Balaban J connectivity index is 2.79. The predicted molar refractivity (Wildman–Crippen MR) is 66.5 cm³/mol. The first-order chi connectivity index (χ1) is 8.38. The number of rotatable bonds is 6. The average molecular weight is 272 g/mol. The van der Waals surface area contributed by atoms with Gasteiger partial charge in [0.25, 0.3) is 0 Å². The first-order valence-corrected chi connectivity index (χ1v) is 7.07. The molecule has 100 valence electrons. The van der Waals surface area contributed by atoms with Gasteiger partial charge >= 0.3 is 5.97 Å². The molecule has 7 heteroatoms. The van der Waals surface area contributed by atoms with E-state index in [4.69, 9.17) is 5.11 Å². The fourth-order valence-corrected chi connectivity index (χ4v) is 2.23. The first-order valence-electron chi connectivity index (χ1n) is 5.52. The second kappa shape index (κ2) is 5.92. The molecule has 1 aromatic rings. The number of aryl methyl sites for hydroxylation is 1. The van der Waals surface area contributed by atoms with Crippen LogP contribution in [-0.2, 0) is 27.8 Å². The Morgan fingerprint density at radius 2 is 2.22 bits per heavy atom. The van der Waals surface area contributed by atoms with Gasteiger partial charge in [-0.1, -0.05) is 13.0 Å². The molecule has 0 aliphatic rings. The van der Waals surface area contributed by atoms with Crippen LogP contribution in [-0.4, -0.2) is 29.7 Å². The molecule has 0 aromatic carbocycles. The van der Waals surface area contributed by atoms with Crippen LogP contribution in [0.3, 0.4) is 0 Å². The fraction of sp³-hybridized carbons (Fsp3) is 0.455. The number of hydrogen-bond donors (Lipinski definition) is 2. The zero-order valence-corrected chi connectivity index (χ0v) is 11.1. The molecule has 1 rings (SSSR count). The molecular formula is C11H16N2O4S. The second-order valence-corrected chi connectivity index (χ2v) is 5.90. The van der Waals surface area contributed by atoms with Crippen molar-refractivity contribution in [3.8, 4) is 0 Å². The summed E-state index contributed by atoms with van der Waals surface area (Å²) in [6, 6.07) is 3.63. The van der Waals surface area contributed by atoms with Crippen LogP contribution in [0, 0.1) is 0 Å². The highest BCUT2D eigenvalue weighted by Crippen LogP contribution is 2.07.